The van der Waals surface area contributed by atoms with Crippen LogP contribution in [0, 0.1) is 0 Å². The second-order valence-corrected chi connectivity index (χ2v) is 2.36. The van der Waals surface area contributed by atoms with Crippen molar-refractivity contribution in [2.45, 2.75) is 0 Å². The van der Waals surface area contributed by atoms with E-state index in [4.69, 9.17) is 11.6 Å². The molecule has 0 bridgehead atoms. The third-order valence-corrected chi connectivity index (χ3v) is 1.17. The van der Waals surface area contributed by atoms with Gasteiger partial charge in [0.15, 0.2) is 0 Å². The van der Waals surface area contributed by atoms with Crippen molar-refractivity contribution >= 4 is 39.6 Å². The van der Waals surface area contributed by atoms with Crippen molar-refractivity contribution in [3.8, 4) is 0 Å². The lowest BCUT2D eigenvalue weighted by atomic mass is 10.6. The zero-order valence-corrected chi connectivity index (χ0v) is 7.55. The normalized spacial score (nSPS) is 10.0. The number of allylic oxidation sites excluding steroid dienone is 1. The molecule has 0 aliphatic heterocycles. The van der Waals surface area contributed by atoms with Gasteiger partial charge >= 0.3 is 5.43 Å². The van der Waals surface area contributed by atoms with Crippen molar-refractivity contribution in [1.29, 1.82) is 0 Å². The smallest absolute Gasteiger partial charge is 0.404 e. The molecule has 0 saturated carbocycles. The van der Waals surface area contributed by atoms with E-state index in [-0.39, 0.29) is 6.61 Å². The van der Waals surface area contributed by atoms with Gasteiger partial charge in [0.1, 0.15) is 6.61 Å². The van der Waals surface area contributed by atoms with Crippen LogP contribution in [0.3, 0.4) is 0 Å². The third-order valence-electron chi connectivity index (χ3n) is 0.549. The second-order valence-electron chi connectivity index (χ2n) is 1.17. The molecule has 0 atom stereocenters. The number of hydrogen-bond donors (Lipinski definition) is 0. The molecule has 0 aliphatic rings. The summed E-state index contributed by atoms with van der Waals surface area (Å²) < 4.78 is 5.29. The minimum atomic E-state index is -0.756. The molecule has 0 aromatic rings. The average Bonchev–Trinajstić information content (AvgIpc) is 1.80. The molecule has 0 radical (unpaired) electrons. The van der Waals surface area contributed by atoms with E-state index in [9.17, 15) is 4.79 Å². The van der Waals surface area contributed by atoms with Crippen LogP contribution in [-0.2, 0) is 4.74 Å². The number of ether oxygens (including phenoxy) is 1. The van der Waals surface area contributed by atoms with E-state index >= 15 is 0 Å². The van der Waals surface area contributed by atoms with E-state index in [2.05, 4.69) is 27.3 Å². The lowest BCUT2D eigenvalue weighted by molar-refractivity contribution is 0.186. The van der Waals surface area contributed by atoms with Gasteiger partial charge in [0, 0.05) is 16.0 Å². The summed E-state index contributed by atoms with van der Waals surface area (Å²) in [6.45, 7) is 0.269. The zero-order chi connectivity index (χ0) is 7.11. The summed E-state index contributed by atoms with van der Waals surface area (Å²) in [5.41, 5.74) is -0.756. The first kappa shape index (κ1) is 9.23. The summed E-state index contributed by atoms with van der Waals surface area (Å²) in [6, 6.07) is 0. The molecule has 52 valence electrons. The van der Waals surface area contributed by atoms with Crippen LogP contribution in [0.15, 0.2) is 12.2 Å². The largest absolute Gasteiger partial charge is 0.449 e. The molecule has 0 saturated heterocycles. The molecule has 0 spiro atoms. The Kier molecular flexibility index (Phi) is 6.51. The Hall–Kier alpha value is 0.230. The number of hydrogen-bond acceptors (Lipinski definition) is 2. The van der Waals surface area contributed by atoms with Crippen molar-refractivity contribution in [3.63, 3.8) is 0 Å². The van der Waals surface area contributed by atoms with Crippen molar-refractivity contribution < 1.29 is 9.53 Å². The Morgan fingerprint density at radius 3 is 2.78 bits per heavy atom. The van der Waals surface area contributed by atoms with Gasteiger partial charge in [0.05, 0.1) is 0 Å². The molecule has 0 N–H and O–H groups in total. The molecule has 0 aromatic carbocycles. The van der Waals surface area contributed by atoms with Gasteiger partial charge < -0.3 is 4.74 Å². The van der Waals surface area contributed by atoms with Crippen LogP contribution in [0.4, 0.5) is 4.79 Å². The van der Waals surface area contributed by atoms with Crippen LogP contribution in [0.5, 0.6) is 0 Å². The molecule has 4 heteroatoms. The molecule has 0 aromatic heterocycles. The molecule has 0 fully saturated rings. The molecule has 0 rings (SSSR count). The SMILES string of the molecule is O=C(Cl)OC/C=C\CI. The van der Waals surface area contributed by atoms with E-state index in [0.29, 0.717) is 0 Å². The molecular formula is C5H6ClIO2. The van der Waals surface area contributed by atoms with Gasteiger partial charge in [0.2, 0.25) is 0 Å². The fourth-order valence-electron chi connectivity index (χ4n) is 0.245. The number of carbonyl (C=O) groups excluding carboxylic acids is 1. The lowest BCUT2D eigenvalue weighted by Crippen LogP contribution is -1.91. The quantitative estimate of drug-likeness (QED) is 0.337. The van der Waals surface area contributed by atoms with Crippen LogP contribution < -0.4 is 0 Å². The first-order chi connectivity index (χ1) is 4.27. The number of halogens is 2. The Balaban J connectivity index is 3.09. The predicted octanol–water partition coefficient (Wildman–Crippen LogP) is 2.35. The van der Waals surface area contributed by atoms with Gasteiger partial charge in [-0.15, -0.1) is 0 Å². The molecule has 0 amide bonds. The zero-order valence-electron chi connectivity index (χ0n) is 4.64. The van der Waals surface area contributed by atoms with Crippen LogP contribution in [-0.4, -0.2) is 16.5 Å². The number of rotatable bonds is 3. The second kappa shape index (κ2) is 6.35. The summed E-state index contributed by atoms with van der Waals surface area (Å²) in [7, 11) is 0. The fraction of sp³-hybridized carbons (Fsp3) is 0.400. The van der Waals surface area contributed by atoms with E-state index in [1.54, 1.807) is 6.08 Å². The van der Waals surface area contributed by atoms with E-state index in [0.717, 1.165) is 4.43 Å². The van der Waals surface area contributed by atoms with Gasteiger partial charge in [-0.25, -0.2) is 4.79 Å². The Morgan fingerprint density at radius 1 is 1.67 bits per heavy atom. The third kappa shape index (κ3) is 8.23. The summed E-state index contributed by atoms with van der Waals surface area (Å²) in [5.74, 6) is 0. The van der Waals surface area contributed by atoms with Crippen LogP contribution in [0.2, 0.25) is 0 Å². The summed E-state index contributed by atoms with van der Waals surface area (Å²) in [5, 5.41) is 0. The molecule has 2 nitrogen and oxygen atoms in total. The van der Waals surface area contributed by atoms with Crippen LogP contribution in [0.25, 0.3) is 0 Å². The monoisotopic (exact) mass is 260 g/mol. The highest BCUT2D eigenvalue weighted by Gasteiger charge is 1.88. The Bertz CT molecular complexity index is 114. The molecule has 0 heterocycles. The molecule has 0 aliphatic carbocycles. The van der Waals surface area contributed by atoms with Gasteiger partial charge in [-0.1, -0.05) is 34.7 Å². The Labute approximate surface area is 72.3 Å². The maximum absolute atomic E-state index is 9.91. The maximum atomic E-state index is 9.91. The lowest BCUT2D eigenvalue weighted by Gasteiger charge is -1.90. The predicted molar refractivity (Wildman–Crippen MR) is 45.2 cm³/mol. The number of carbonyl (C=O) groups is 1. The number of alkyl halides is 1. The van der Waals surface area contributed by atoms with Crippen molar-refractivity contribution in [2.24, 2.45) is 0 Å². The molecule has 9 heavy (non-hydrogen) atoms. The van der Waals surface area contributed by atoms with E-state index in [1.165, 1.54) is 0 Å². The Morgan fingerprint density at radius 2 is 2.33 bits per heavy atom. The van der Waals surface area contributed by atoms with Crippen molar-refractivity contribution in [3.05, 3.63) is 12.2 Å². The minimum absolute atomic E-state index is 0.269. The molecule has 0 unspecified atom stereocenters. The minimum Gasteiger partial charge on any atom is -0.449 e. The average molecular weight is 260 g/mol. The highest BCUT2D eigenvalue weighted by atomic mass is 127. The van der Waals surface area contributed by atoms with Gasteiger partial charge in [-0.3, -0.25) is 0 Å². The van der Waals surface area contributed by atoms with Crippen LogP contribution >= 0.6 is 34.2 Å². The van der Waals surface area contributed by atoms with Crippen LogP contribution in [0.1, 0.15) is 0 Å². The van der Waals surface area contributed by atoms with E-state index in [1.807, 2.05) is 6.08 Å². The maximum Gasteiger partial charge on any atom is 0.404 e. The van der Waals surface area contributed by atoms with Crippen molar-refractivity contribution in [1.82, 2.24) is 0 Å². The van der Waals surface area contributed by atoms with Gasteiger partial charge in [0.25, 0.3) is 0 Å². The molecular weight excluding hydrogens is 254 g/mol. The fourth-order valence-corrected chi connectivity index (χ4v) is 0.667. The van der Waals surface area contributed by atoms with Gasteiger partial charge in [-0.2, -0.15) is 0 Å². The first-order valence-electron chi connectivity index (χ1n) is 2.30. The first-order valence-corrected chi connectivity index (χ1v) is 4.21. The highest BCUT2D eigenvalue weighted by molar-refractivity contribution is 14.1. The highest BCUT2D eigenvalue weighted by Crippen LogP contribution is 1.88. The van der Waals surface area contributed by atoms with Gasteiger partial charge in [-0.05, 0) is 0 Å². The standard InChI is InChI=1S/C5H6ClIO2/c6-5(8)9-4-2-1-3-7/h1-2H,3-4H2/b2-1-. The summed E-state index contributed by atoms with van der Waals surface area (Å²) in [6.07, 6.45) is 3.63. The van der Waals surface area contributed by atoms with Crippen molar-refractivity contribution in [2.75, 3.05) is 11.0 Å². The summed E-state index contributed by atoms with van der Waals surface area (Å²) >= 11 is 7.04. The summed E-state index contributed by atoms with van der Waals surface area (Å²) in [4.78, 5) is 9.91. The topological polar surface area (TPSA) is 26.3 Å². The van der Waals surface area contributed by atoms with E-state index < -0.39 is 5.43 Å².